The Hall–Kier alpha value is -2.65. The molecule has 0 radical (unpaired) electrons. The summed E-state index contributed by atoms with van der Waals surface area (Å²) in [4.78, 5) is 68.2. The van der Waals surface area contributed by atoms with Gasteiger partial charge in [-0.05, 0) is 82.5 Å². The van der Waals surface area contributed by atoms with Gasteiger partial charge in [0.05, 0.1) is 12.6 Å². The van der Waals surface area contributed by atoms with Crippen molar-refractivity contribution in [3.05, 3.63) is 0 Å². The molecule has 1 aliphatic heterocycles. The van der Waals surface area contributed by atoms with Crippen molar-refractivity contribution in [1.82, 2.24) is 20.9 Å². The summed E-state index contributed by atoms with van der Waals surface area (Å²) in [5.41, 5.74) is -1.07. The van der Waals surface area contributed by atoms with Crippen LogP contribution in [0.25, 0.3) is 0 Å². The minimum absolute atomic E-state index is 0.0368. The standard InChI is InChI=1S/C32H50N4O6/c1-21(37)25(19-22-12-13-22)33-28(38)26-11-8-18-36(26)29(39)27(24-9-4-2-5-10-24)34-31(41)35-32(16-6-3-7-17-32)30(40)42-20-23-14-15-23/h22-27H,2-20H2,1H3,(H,33,38)(H2,34,35,41)/t25?,26-,27?/m0/s1. The number of nitrogens with zero attached hydrogens (tertiary/aromatic N) is 1. The van der Waals surface area contributed by atoms with Crippen molar-refractivity contribution < 1.29 is 28.7 Å². The third kappa shape index (κ3) is 7.84. The number of amides is 4. The van der Waals surface area contributed by atoms with Crippen molar-refractivity contribution in [2.75, 3.05) is 13.2 Å². The molecule has 4 saturated carbocycles. The molecule has 5 rings (SSSR count). The molecule has 234 valence electrons. The van der Waals surface area contributed by atoms with E-state index < -0.39 is 29.7 Å². The van der Waals surface area contributed by atoms with Gasteiger partial charge in [0.2, 0.25) is 11.8 Å². The Kier molecular flexibility index (Phi) is 10.1. The first-order chi connectivity index (χ1) is 20.3. The molecule has 4 amide bonds. The summed E-state index contributed by atoms with van der Waals surface area (Å²) >= 11 is 0. The number of rotatable bonds is 12. The maximum Gasteiger partial charge on any atom is 0.331 e. The predicted octanol–water partition coefficient (Wildman–Crippen LogP) is 3.76. The van der Waals surface area contributed by atoms with Gasteiger partial charge in [0, 0.05) is 6.54 Å². The average molecular weight is 587 g/mol. The van der Waals surface area contributed by atoms with E-state index in [1.54, 1.807) is 4.90 Å². The summed E-state index contributed by atoms with van der Waals surface area (Å²) in [6, 6.07) is -2.48. The molecular formula is C32H50N4O6. The summed E-state index contributed by atoms with van der Waals surface area (Å²) in [5.74, 6) is -0.0769. The quantitative estimate of drug-likeness (QED) is 0.298. The SMILES string of the molecule is CC(=O)C(CC1CC1)NC(=O)[C@@H]1CCCN1C(=O)C(NC(=O)NC1(C(=O)OCC2CC2)CCCCC1)C1CCCCC1. The summed E-state index contributed by atoms with van der Waals surface area (Å²) < 4.78 is 5.65. The highest BCUT2D eigenvalue weighted by molar-refractivity contribution is 5.95. The van der Waals surface area contributed by atoms with Gasteiger partial charge in [-0.25, -0.2) is 9.59 Å². The third-order valence-electron chi connectivity index (χ3n) is 10.2. The van der Waals surface area contributed by atoms with Crippen LogP contribution in [-0.2, 0) is 23.9 Å². The molecule has 3 atom stereocenters. The van der Waals surface area contributed by atoms with Crippen LogP contribution in [0.15, 0.2) is 0 Å². The van der Waals surface area contributed by atoms with Crippen LogP contribution < -0.4 is 16.0 Å². The summed E-state index contributed by atoms with van der Waals surface area (Å²) in [7, 11) is 0. The molecule has 2 unspecified atom stereocenters. The number of nitrogens with one attached hydrogen (secondary N) is 3. The van der Waals surface area contributed by atoms with Crippen LogP contribution in [0, 0.1) is 17.8 Å². The molecule has 10 heteroatoms. The fraction of sp³-hybridized carbons (Fsp3) is 0.844. The largest absolute Gasteiger partial charge is 0.464 e. The van der Waals surface area contributed by atoms with E-state index in [-0.39, 0.29) is 29.5 Å². The first-order valence-electron chi connectivity index (χ1n) is 16.6. The number of hydrogen-bond acceptors (Lipinski definition) is 6. The minimum atomic E-state index is -1.07. The number of likely N-dealkylation sites (tertiary alicyclic amines) is 1. The molecule has 4 aliphatic carbocycles. The highest BCUT2D eigenvalue weighted by atomic mass is 16.5. The van der Waals surface area contributed by atoms with Gasteiger partial charge < -0.3 is 25.6 Å². The molecule has 10 nitrogen and oxygen atoms in total. The molecule has 1 saturated heterocycles. The lowest BCUT2D eigenvalue weighted by Crippen LogP contribution is -2.63. The number of Topliss-reactive ketones (excluding diaryl/α,β-unsaturated/α-hetero) is 1. The number of urea groups is 1. The van der Waals surface area contributed by atoms with Gasteiger partial charge in [-0.1, -0.05) is 51.4 Å². The van der Waals surface area contributed by atoms with Gasteiger partial charge in [0.15, 0.2) is 5.78 Å². The molecule has 0 aromatic heterocycles. The molecule has 5 fully saturated rings. The van der Waals surface area contributed by atoms with E-state index in [1.165, 1.54) is 6.92 Å². The number of carbonyl (C=O) groups is 5. The Balaban J connectivity index is 1.27. The zero-order chi connectivity index (χ0) is 29.7. The van der Waals surface area contributed by atoms with Crippen LogP contribution in [-0.4, -0.2) is 71.3 Å². The van der Waals surface area contributed by atoms with E-state index in [2.05, 4.69) is 16.0 Å². The predicted molar refractivity (Wildman–Crippen MR) is 156 cm³/mol. The lowest BCUT2D eigenvalue weighted by atomic mass is 9.81. The highest BCUT2D eigenvalue weighted by Gasteiger charge is 2.45. The smallest absolute Gasteiger partial charge is 0.331 e. The van der Waals surface area contributed by atoms with Crippen molar-refractivity contribution in [2.24, 2.45) is 17.8 Å². The van der Waals surface area contributed by atoms with Crippen LogP contribution in [0.4, 0.5) is 4.79 Å². The topological polar surface area (TPSA) is 134 Å². The van der Waals surface area contributed by atoms with Crippen molar-refractivity contribution >= 4 is 29.6 Å². The van der Waals surface area contributed by atoms with Crippen LogP contribution in [0.5, 0.6) is 0 Å². The number of ether oxygens (including phenoxy) is 1. The Bertz CT molecular complexity index is 1010. The molecule has 5 aliphatic rings. The first-order valence-corrected chi connectivity index (χ1v) is 16.6. The maximum absolute atomic E-state index is 14.1. The fourth-order valence-corrected chi connectivity index (χ4v) is 7.16. The number of esters is 1. The number of carbonyl (C=O) groups excluding carboxylic acids is 5. The molecular weight excluding hydrogens is 536 g/mol. The highest BCUT2D eigenvalue weighted by Crippen LogP contribution is 2.35. The normalized spacial score (nSPS) is 25.6. The fourth-order valence-electron chi connectivity index (χ4n) is 7.16. The van der Waals surface area contributed by atoms with Gasteiger partial charge in [0.1, 0.15) is 17.6 Å². The summed E-state index contributed by atoms with van der Waals surface area (Å²) in [6.07, 6.45) is 14.6. The Labute approximate surface area is 249 Å². The van der Waals surface area contributed by atoms with Gasteiger partial charge >= 0.3 is 12.0 Å². The van der Waals surface area contributed by atoms with E-state index in [0.29, 0.717) is 57.1 Å². The van der Waals surface area contributed by atoms with Crippen LogP contribution in [0.3, 0.4) is 0 Å². The molecule has 0 aromatic rings. The third-order valence-corrected chi connectivity index (χ3v) is 10.2. The summed E-state index contributed by atoms with van der Waals surface area (Å²) in [6.45, 7) is 2.35. The molecule has 42 heavy (non-hydrogen) atoms. The van der Waals surface area contributed by atoms with Gasteiger partial charge in [-0.3, -0.25) is 14.4 Å². The number of hydrogen-bond donors (Lipinski definition) is 3. The lowest BCUT2D eigenvalue weighted by molar-refractivity contribution is -0.153. The first kappa shape index (κ1) is 30.8. The second-order valence-electron chi connectivity index (χ2n) is 13.7. The summed E-state index contributed by atoms with van der Waals surface area (Å²) in [5, 5.41) is 8.90. The minimum Gasteiger partial charge on any atom is -0.464 e. The van der Waals surface area contributed by atoms with Crippen LogP contribution >= 0.6 is 0 Å². The Morgan fingerprint density at radius 1 is 0.810 bits per heavy atom. The van der Waals surface area contributed by atoms with E-state index in [9.17, 15) is 24.0 Å². The van der Waals surface area contributed by atoms with Crippen molar-refractivity contribution in [2.45, 2.75) is 140 Å². The van der Waals surface area contributed by atoms with Gasteiger partial charge in [-0.15, -0.1) is 0 Å². The molecule has 3 N–H and O–H groups in total. The van der Waals surface area contributed by atoms with Gasteiger partial charge in [0.25, 0.3) is 0 Å². The van der Waals surface area contributed by atoms with Crippen LogP contribution in [0.1, 0.15) is 116 Å². The zero-order valence-electron chi connectivity index (χ0n) is 25.3. The average Bonchev–Trinajstić information content (AvgIpc) is 3.93. The second kappa shape index (κ2) is 13.8. The molecule has 0 spiro atoms. The Morgan fingerprint density at radius 3 is 2.12 bits per heavy atom. The monoisotopic (exact) mass is 586 g/mol. The molecule has 0 aromatic carbocycles. The van der Waals surface area contributed by atoms with Crippen molar-refractivity contribution in [1.29, 1.82) is 0 Å². The lowest BCUT2D eigenvalue weighted by Gasteiger charge is -2.38. The molecule has 1 heterocycles. The number of ketones is 1. The second-order valence-corrected chi connectivity index (χ2v) is 13.7. The maximum atomic E-state index is 14.1. The van der Waals surface area contributed by atoms with E-state index >= 15 is 0 Å². The van der Waals surface area contributed by atoms with E-state index in [0.717, 1.165) is 77.0 Å². The van der Waals surface area contributed by atoms with Gasteiger partial charge in [-0.2, -0.15) is 0 Å². The van der Waals surface area contributed by atoms with Crippen molar-refractivity contribution in [3.8, 4) is 0 Å². The van der Waals surface area contributed by atoms with E-state index in [1.807, 2.05) is 0 Å². The van der Waals surface area contributed by atoms with Crippen LogP contribution in [0.2, 0.25) is 0 Å². The molecule has 0 bridgehead atoms. The Morgan fingerprint density at radius 2 is 1.48 bits per heavy atom. The zero-order valence-corrected chi connectivity index (χ0v) is 25.3. The van der Waals surface area contributed by atoms with Crippen molar-refractivity contribution in [3.63, 3.8) is 0 Å². The van der Waals surface area contributed by atoms with E-state index in [4.69, 9.17) is 4.74 Å².